The molecule has 0 spiro atoms. The van der Waals surface area contributed by atoms with Crippen molar-refractivity contribution in [1.29, 1.82) is 0 Å². The summed E-state index contributed by atoms with van der Waals surface area (Å²) in [6, 6.07) is 1.67. The normalized spacial score (nSPS) is 28.1. The van der Waals surface area contributed by atoms with Crippen LogP contribution in [0.2, 0.25) is 0 Å². The van der Waals surface area contributed by atoms with Crippen LogP contribution in [0.4, 0.5) is 0 Å². The molecule has 1 aromatic rings. The first-order chi connectivity index (χ1) is 11.8. The number of piperidine rings is 1. The van der Waals surface area contributed by atoms with Gasteiger partial charge in [0.05, 0.1) is 24.5 Å². The summed E-state index contributed by atoms with van der Waals surface area (Å²) in [5.74, 6) is 0. The van der Waals surface area contributed by atoms with Crippen LogP contribution in [-0.2, 0) is 6.54 Å². The number of nitrogens with zero attached hydrogens (tertiary/aromatic N) is 5. The summed E-state index contributed by atoms with van der Waals surface area (Å²) in [7, 11) is 0. The second-order valence-corrected chi connectivity index (χ2v) is 7.84. The van der Waals surface area contributed by atoms with Crippen LogP contribution in [0.1, 0.15) is 63.1 Å². The molecule has 1 saturated carbocycles. The van der Waals surface area contributed by atoms with Gasteiger partial charge in [-0.1, -0.05) is 18.1 Å². The Hall–Kier alpha value is -0.980. The van der Waals surface area contributed by atoms with Crippen LogP contribution in [0.15, 0.2) is 6.20 Å². The SMILES string of the molecule is OC[C@@H]1CCCN1Cc1cn(C2CCN(C3CCCC3)CC2)nn1. The molecule has 24 heavy (non-hydrogen) atoms. The van der Waals surface area contributed by atoms with Crippen LogP contribution < -0.4 is 0 Å². The van der Waals surface area contributed by atoms with E-state index in [1.54, 1.807) is 0 Å². The minimum Gasteiger partial charge on any atom is -0.395 e. The highest BCUT2D eigenvalue weighted by molar-refractivity contribution is 4.96. The van der Waals surface area contributed by atoms with Crippen LogP contribution in [-0.4, -0.2) is 68.2 Å². The third-order valence-corrected chi connectivity index (χ3v) is 6.35. The molecule has 0 bridgehead atoms. The zero-order valence-electron chi connectivity index (χ0n) is 14.7. The lowest BCUT2D eigenvalue weighted by molar-refractivity contribution is 0.131. The molecule has 6 nitrogen and oxygen atoms in total. The molecule has 6 heteroatoms. The van der Waals surface area contributed by atoms with Gasteiger partial charge in [0.15, 0.2) is 0 Å². The highest BCUT2D eigenvalue weighted by atomic mass is 16.3. The standard InChI is InChI=1S/C18H31N5O/c24-14-18-6-3-9-22(18)12-15-13-23(20-19-15)17-7-10-21(11-8-17)16-4-1-2-5-16/h13,16-18,24H,1-12,14H2/t18-/m0/s1. The molecule has 1 aromatic heterocycles. The van der Waals surface area contributed by atoms with E-state index in [0.29, 0.717) is 12.1 Å². The number of aliphatic hydroxyl groups excluding tert-OH is 1. The van der Waals surface area contributed by atoms with Crippen molar-refractivity contribution in [3.05, 3.63) is 11.9 Å². The van der Waals surface area contributed by atoms with Crippen molar-refractivity contribution in [3.63, 3.8) is 0 Å². The summed E-state index contributed by atoms with van der Waals surface area (Å²) in [5, 5.41) is 18.3. The van der Waals surface area contributed by atoms with E-state index in [2.05, 4.69) is 31.0 Å². The third-order valence-electron chi connectivity index (χ3n) is 6.35. The van der Waals surface area contributed by atoms with Gasteiger partial charge in [-0.05, 0) is 45.1 Å². The van der Waals surface area contributed by atoms with E-state index in [0.717, 1.165) is 31.2 Å². The lowest BCUT2D eigenvalue weighted by Gasteiger charge is -2.35. The van der Waals surface area contributed by atoms with E-state index in [9.17, 15) is 5.11 Å². The Labute approximate surface area is 144 Å². The molecule has 1 N–H and O–H groups in total. The van der Waals surface area contributed by atoms with Gasteiger partial charge in [0.1, 0.15) is 0 Å². The highest BCUT2D eigenvalue weighted by Crippen LogP contribution is 2.29. The lowest BCUT2D eigenvalue weighted by atomic mass is 10.0. The molecule has 2 saturated heterocycles. The number of likely N-dealkylation sites (tertiary alicyclic amines) is 2. The van der Waals surface area contributed by atoms with Gasteiger partial charge in [-0.15, -0.1) is 5.10 Å². The fraction of sp³-hybridized carbons (Fsp3) is 0.889. The van der Waals surface area contributed by atoms with Gasteiger partial charge in [-0.2, -0.15) is 0 Å². The van der Waals surface area contributed by atoms with Gasteiger partial charge in [-0.3, -0.25) is 4.90 Å². The molecule has 1 aliphatic carbocycles. The van der Waals surface area contributed by atoms with Crippen LogP contribution in [0, 0.1) is 0 Å². The fourth-order valence-electron chi connectivity index (χ4n) is 4.87. The second kappa shape index (κ2) is 7.50. The zero-order valence-corrected chi connectivity index (χ0v) is 14.7. The minimum atomic E-state index is 0.258. The highest BCUT2D eigenvalue weighted by Gasteiger charge is 2.29. The number of hydrogen-bond acceptors (Lipinski definition) is 5. The Morgan fingerprint density at radius 2 is 1.75 bits per heavy atom. The smallest absolute Gasteiger partial charge is 0.0967 e. The topological polar surface area (TPSA) is 57.4 Å². The number of aliphatic hydroxyl groups is 1. The van der Waals surface area contributed by atoms with Crippen molar-refractivity contribution in [1.82, 2.24) is 24.8 Å². The first-order valence-corrected chi connectivity index (χ1v) is 9.83. The molecule has 4 rings (SSSR count). The summed E-state index contributed by atoms with van der Waals surface area (Å²) >= 11 is 0. The fourth-order valence-corrected chi connectivity index (χ4v) is 4.87. The molecular formula is C18H31N5O. The van der Waals surface area contributed by atoms with Gasteiger partial charge in [0.25, 0.3) is 0 Å². The summed E-state index contributed by atoms with van der Waals surface area (Å²) < 4.78 is 2.10. The van der Waals surface area contributed by atoms with E-state index in [1.807, 2.05) is 0 Å². The van der Waals surface area contributed by atoms with Crippen molar-refractivity contribution in [2.24, 2.45) is 0 Å². The lowest BCUT2D eigenvalue weighted by Crippen LogP contribution is -2.40. The molecule has 1 atom stereocenters. The zero-order chi connectivity index (χ0) is 16.4. The average Bonchev–Trinajstić information content (AvgIpc) is 3.37. The molecule has 134 valence electrons. The van der Waals surface area contributed by atoms with E-state index >= 15 is 0 Å². The second-order valence-electron chi connectivity index (χ2n) is 7.84. The maximum atomic E-state index is 9.45. The molecule has 3 aliphatic rings. The van der Waals surface area contributed by atoms with Crippen LogP contribution in [0.3, 0.4) is 0 Å². The summed E-state index contributed by atoms with van der Waals surface area (Å²) in [6.45, 7) is 4.57. The van der Waals surface area contributed by atoms with Crippen LogP contribution >= 0.6 is 0 Å². The van der Waals surface area contributed by atoms with Crippen molar-refractivity contribution < 1.29 is 5.11 Å². The van der Waals surface area contributed by atoms with Crippen molar-refractivity contribution in [2.75, 3.05) is 26.2 Å². The van der Waals surface area contributed by atoms with Crippen molar-refractivity contribution >= 4 is 0 Å². The molecule has 3 fully saturated rings. The largest absolute Gasteiger partial charge is 0.395 e. The van der Waals surface area contributed by atoms with Gasteiger partial charge < -0.3 is 10.0 Å². The summed E-state index contributed by atoms with van der Waals surface area (Å²) in [5.41, 5.74) is 1.05. The Morgan fingerprint density at radius 3 is 2.50 bits per heavy atom. The van der Waals surface area contributed by atoms with Crippen LogP contribution in [0.25, 0.3) is 0 Å². The predicted molar refractivity (Wildman–Crippen MR) is 92.6 cm³/mol. The van der Waals surface area contributed by atoms with E-state index < -0.39 is 0 Å². The maximum absolute atomic E-state index is 9.45. The van der Waals surface area contributed by atoms with E-state index in [-0.39, 0.29) is 6.61 Å². The van der Waals surface area contributed by atoms with Crippen LogP contribution in [0.5, 0.6) is 0 Å². The molecular weight excluding hydrogens is 302 g/mol. The molecule has 0 amide bonds. The molecule has 0 aromatic carbocycles. The quantitative estimate of drug-likeness (QED) is 0.891. The van der Waals surface area contributed by atoms with E-state index in [1.165, 1.54) is 58.0 Å². The Kier molecular flexibility index (Phi) is 5.15. The number of hydrogen-bond donors (Lipinski definition) is 1. The van der Waals surface area contributed by atoms with Gasteiger partial charge in [0, 0.05) is 31.7 Å². The monoisotopic (exact) mass is 333 g/mol. The van der Waals surface area contributed by atoms with Crippen molar-refractivity contribution in [2.45, 2.75) is 76.0 Å². The summed E-state index contributed by atoms with van der Waals surface area (Å²) in [6.07, 6.45) is 12.5. The first-order valence-electron chi connectivity index (χ1n) is 9.83. The Balaban J connectivity index is 1.30. The number of rotatable bonds is 5. The summed E-state index contributed by atoms with van der Waals surface area (Å²) in [4.78, 5) is 5.05. The molecule has 3 heterocycles. The molecule has 0 radical (unpaired) electrons. The minimum absolute atomic E-state index is 0.258. The average molecular weight is 333 g/mol. The molecule has 0 unspecified atom stereocenters. The van der Waals surface area contributed by atoms with Gasteiger partial charge >= 0.3 is 0 Å². The van der Waals surface area contributed by atoms with Gasteiger partial charge in [-0.25, -0.2) is 4.68 Å². The number of aromatic nitrogens is 3. The van der Waals surface area contributed by atoms with Crippen molar-refractivity contribution in [3.8, 4) is 0 Å². The van der Waals surface area contributed by atoms with Gasteiger partial charge in [0.2, 0.25) is 0 Å². The first kappa shape index (κ1) is 16.5. The van der Waals surface area contributed by atoms with E-state index in [4.69, 9.17) is 0 Å². The molecule has 2 aliphatic heterocycles. The predicted octanol–water partition coefficient (Wildman–Crippen LogP) is 1.81. The third kappa shape index (κ3) is 3.51. The maximum Gasteiger partial charge on any atom is 0.0967 e. The Bertz CT molecular complexity index is 519. The Morgan fingerprint density at radius 1 is 0.958 bits per heavy atom.